The van der Waals surface area contributed by atoms with Gasteiger partial charge < -0.3 is 10.0 Å². The van der Waals surface area contributed by atoms with Gasteiger partial charge in [0.25, 0.3) is 11.8 Å². The lowest BCUT2D eigenvalue weighted by Crippen LogP contribution is -2.32. The van der Waals surface area contributed by atoms with Gasteiger partial charge in [0.2, 0.25) is 0 Å². The van der Waals surface area contributed by atoms with Crippen LogP contribution < -0.4 is 0 Å². The van der Waals surface area contributed by atoms with Crippen LogP contribution in [0.25, 0.3) is 0 Å². The number of aromatic nitrogens is 1. The number of alkyl halides is 2. The number of likely N-dealkylation sites (tertiary alicyclic amines) is 1. The molecule has 2 heterocycles. The third kappa shape index (κ3) is 4.05. The number of carbonyl (C=O) groups excluding carboxylic acids is 1. The van der Waals surface area contributed by atoms with Crippen molar-refractivity contribution in [2.75, 3.05) is 13.1 Å². The first-order chi connectivity index (χ1) is 12.3. The first-order valence-electron chi connectivity index (χ1n) is 9.14. The van der Waals surface area contributed by atoms with Gasteiger partial charge in [0, 0.05) is 31.3 Å². The number of halogens is 2. The Morgan fingerprint density at radius 2 is 1.96 bits per heavy atom. The van der Waals surface area contributed by atoms with E-state index < -0.39 is 30.7 Å². The van der Waals surface area contributed by atoms with Gasteiger partial charge in [-0.3, -0.25) is 9.59 Å². The van der Waals surface area contributed by atoms with Gasteiger partial charge in [0.15, 0.2) is 0 Å². The highest BCUT2D eigenvalue weighted by Crippen LogP contribution is 2.39. The summed E-state index contributed by atoms with van der Waals surface area (Å²) in [4.78, 5) is 30.3. The number of aliphatic carboxylic acids is 1. The number of carbonyl (C=O) groups is 2. The van der Waals surface area contributed by atoms with Crippen molar-refractivity contribution in [3.8, 4) is 0 Å². The molecule has 26 heavy (non-hydrogen) atoms. The van der Waals surface area contributed by atoms with Gasteiger partial charge in [0.1, 0.15) is 4.88 Å². The highest BCUT2D eigenvalue weighted by Gasteiger charge is 2.43. The van der Waals surface area contributed by atoms with Crippen molar-refractivity contribution in [3.63, 3.8) is 0 Å². The number of carboxylic acids is 1. The first kappa shape index (κ1) is 19.2. The molecule has 1 aliphatic heterocycles. The predicted molar refractivity (Wildman–Crippen MR) is 93.9 cm³/mol. The van der Waals surface area contributed by atoms with E-state index in [9.17, 15) is 18.4 Å². The second kappa shape index (κ2) is 7.58. The number of amides is 1. The topological polar surface area (TPSA) is 70.5 Å². The van der Waals surface area contributed by atoms with Crippen molar-refractivity contribution in [1.29, 1.82) is 0 Å². The Morgan fingerprint density at radius 3 is 2.62 bits per heavy atom. The maximum absolute atomic E-state index is 14.2. The quantitative estimate of drug-likeness (QED) is 0.847. The molecule has 1 saturated carbocycles. The molecular weight excluding hydrogens is 362 g/mol. The van der Waals surface area contributed by atoms with Crippen molar-refractivity contribution in [1.82, 2.24) is 9.88 Å². The minimum atomic E-state index is -3.06. The highest BCUT2D eigenvalue weighted by atomic mass is 32.1. The van der Waals surface area contributed by atoms with Gasteiger partial charge in [-0.2, -0.15) is 0 Å². The van der Waals surface area contributed by atoms with Crippen molar-refractivity contribution < 1.29 is 23.5 Å². The zero-order valence-corrected chi connectivity index (χ0v) is 15.7. The molecule has 0 bridgehead atoms. The van der Waals surface area contributed by atoms with Crippen LogP contribution in [0, 0.1) is 12.8 Å². The molecule has 144 valence electrons. The van der Waals surface area contributed by atoms with Gasteiger partial charge in [-0.25, -0.2) is 13.8 Å². The monoisotopic (exact) mass is 386 g/mol. The Hall–Kier alpha value is -1.57. The van der Waals surface area contributed by atoms with Crippen LogP contribution in [0.3, 0.4) is 0 Å². The molecule has 1 aliphatic carbocycles. The summed E-state index contributed by atoms with van der Waals surface area (Å²) in [5.74, 6) is -5.36. The average molecular weight is 386 g/mol. The molecule has 1 unspecified atom stereocenters. The molecule has 8 heteroatoms. The predicted octanol–water partition coefficient (Wildman–Crippen LogP) is 4.07. The van der Waals surface area contributed by atoms with Crippen LogP contribution in [0.1, 0.15) is 71.2 Å². The lowest BCUT2D eigenvalue weighted by Gasteiger charge is -2.22. The van der Waals surface area contributed by atoms with E-state index in [4.69, 9.17) is 5.11 Å². The molecule has 0 radical (unpaired) electrons. The molecule has 2 aliphatic rings. The average Bonchev–Trinajstić information content (AvgIpc) is 3.19. The van der Waals surface area contributed by atoms with Crippen LogP contribution in [0.4, 0.5) is 8.78 Å². The van der Waals surface area contributed by atoms with Gasteiger partial charge in [-0.15, -0.1) is 11.3 Å². The number of hydrogen-bond acceptors (Lipinski definition) is 4. The molecule has 2 fully saturated rings. The van der Waals surface area contributed by atoms with Crippen LogP contribution in [0.15, 0.2) is 0 Å². The van der Waals surface area contributed by atoms with Crippen LogP contribution in [0.2, 0.25) is 0 Å². The number of hydrogen-bond donors (Lipinski definition) is 1. The van der Waals surface area contributed by atoms with Crippen LogP contribution >= 0.6 is 11.3 Å². The van der Waals surface area contributed by atoms with Crippen molar-refractivity contribution in [2.24, 2.45) is 5.92 Å². The summed E-state index contributed by atoms with van der Waals surface area (Å²) in [6, 6.07) is 0. The molecule has 0 spiro atoms. The van der Waals surface area contributed by atoms with Crippen molar-refractivity contribution in [3.05, 3.63) is 15.6 Å². The number of rotatable bonds is 4. The Morgan fingerprint density at radius 1 is 1.27 bits per heavy atom. The van der Waals surface area contributed by atoms with Gasteiger partial charge >= 0.3 is 5.97 Å². The van der Waals surface area contributed by atoms with E-state index in [1.807, 2.05) is 0 Å². The summed E-state index contributed by atoms with van der Waals surface area (Å²) < 4.78 is 28.4. The van der Waals surface area contributed by atoms with Gasteiger partial charge in [0.05, 0.1) is 17.1 Å². The number of nitrogens with zero attached hydrogens (tertiary/aromatic N) is 2. The van der Waals surface area contributed by atoms with Gasteiger partial charge in [-0.05, 0) is 26.2 Å². The Bertz CT molecular complexity index is 686. The smallest absolute Gasteiger partial charge is 0.303 e. The Labute approximate surface area is 155 Å². The zero-order valence-electron chi connectivity index (χ0n) is 14.8. The third-order valence-electron chi connectivity index (χ3n) is 5.48. The molecule has 5 nitrogen and oxygen atoms in total. The normalized spacial score (nSPS) is 23.8. The Kier molecular flexibility index (Phi) is 5.60. The molecule has 1 aromatic heterocycles. The van der Waals surface area contributed by atoms with Crippen molar-refractivity contribution in [2.45, 2.75) is 63.7 Å². The molecule has 1 atom stereocenters. The fourth-order valence-electron chi connectivity index (χ4n) is 3.89. The van der Waals surface area contributed by atoms with E-state index in [2.05, 4.69) is 4.98 Å². The molecule has 1 amide bonds. The first-order valence-corrected chi connectivity index (χ1v) is 9.96. The molecular formula is C18H24F2N2O3S. The lowest BCUT2D eigenvalue weighted by molar-refractivity contribution is -0.143. The van der Waals surface area contributed by atoms with Crippen LogP contribution in [-0.4, -0.2) is 45.9 Å². The van der Waals surface area contributed by atoms with E-state index in [0.29, 0.717) is 16.5 Å². The molecule has 0 aromatic carbocycles. The van der Waals surface area contributed by atoms with E-state index in [-0.39, 0.29) is 25.4 Å². The lowest BCUT2D eigenvalue weighted by atomic mass is 9.93. The minimum Gasteiger partial charge on any atom is -0.481 e. The summed E-state index contributed by atoms with van der Waals surface area (Å²) in [6.07, 6.45) is 3.47. The summed E-state index contributed by atoms with van der Waals surface area (Å²) >= 11 is 1.39. The van der Waals surface area contributed by atoms with E-state index in [0.717, 1.165) is 17.8 Å². The van der Waals surface area contributed by atoms with E-state index in [1.165, 1.54) is 29.1 Å². The van der Waals surface area contributed by atoms with E-state index in [1.54, 1.807) is 6.92 Å². The fraction of sp³-hybridized carbons (Fsp3) is 0.722. The molecule has 3 rings (SSSR count). The largest absolute Gasteiger partial charge is 0.481 e. The molecule has 1 N–H and O–H groups in total. The third-order valence-corrected chi connectivity index (χ3v) is 6.79. The van der Waals surface area contributed by atoms with Gasteiger partial charge in [-0.1, -0.05) is 12.8 Å². The standard InChI is InChI=1S/C18H24F2N2O3S/c1-11-15(26-16(21-11)12-4-2-3-5-12)17(25)22-8-6-13(10-14(23)24)18(19,20)7-9-22/h12-13H,2-10H2,1H3,(H,23,24). The summed E-state index contributed by atoms with van der Waals surface area (Å²) in [6.45, 7) is 1.89. The maximum Gasteiger partial charge on any atom is 0.303 e. The SMILES string of the molecule is Cc1nc(C2CCCC2)sc1C(=O)N1CCC(CC(=O)O)C(F)(F)CC1. The summed E-state index contributed by atoms with van der Waals surface area (Å²) in [5.41, 5.74) is 0.667. The second-order valence-corrected chi connectivity index (χ2v) is 8.37. The maximum atomic E-state index is 14.2. The molecule has 1 aromatic rings. The van der Waals surface area contributed by atoms with Crippen LogP contribution in [0.5, 0.6) is 0 Å². The molecule has 1 saturated heterocycles. The highest BCUT2D eigenvalue weighted by molar-refractivity contribution is 7.13. The summed E-state index contributed by atoms with van der Waals surface area (Å²) in [7, 11) is 0. The second-order valence-electron chi connectivity index (χ2n) is 7.33. The number of carboxylic acid groups (broad SMARTS) is 1. The minimum absolute atomic E-state index is 0.00161. The number of aryl methyl sites for hydroxylation is 1. The van der Waals surface area contributed by atoms with Crippen LogP contribution in [-0.2, 0) is 4.79 Å². The zero-order chi connectivity index (χ0) is 18.9. The van der Waals surface area contributed by atoms with E-state index >= 15 is 0 Å². The fourth-order valence-corrected chi connectivity index (χ4v) is 5.10. The summed E-state index contributed by atoms with van der Waals surface area (Å²) in [5, 5.41) is 9.84. The van der Waals surface area contributed by atoms with Crippen molar-refractivity contribution >= 4 is 23.2 Å². The Balaban J connectivity index is 1.73. The number of thiazole rings is 1.